The maximum absolute atomic E-state index is 11.3. The van der Waals surface area contributed by atoms with Crippen LogP contribution in [0.25, 0.3) is 16.1 Å². The molecule has 104 valence electrons. The molecule has 0 amide bonds. The average molecular weight is 311 g/mol. The normalized spacial score (nSPS) is 13.9. The number of carbonyl (C=O) groups is 1. The first-order valence-corrected chi connectivity index (χ1v) is 7.83. The fraction of sp³-hybridized carbons (Fsp3) is 0.0588. The largest absolute Gasteiger partial charge is 0.296 e. The summed E-state index contributed by atoms with van der Waals surface area (Å²) in [5.41, 5.74) is 2.56. The first-order valence-electron chi connectivity index (χ1n) is 6.57. The molecule has 1 heterocycles. The number of benzene rings is 1. The Kier molecular flexibility index (Phi) is 4.18. The summed E-state index contributed by atoms with van der Waals surface area (Å²) in [6.45, 7) is 0. The zero-order chi connectivity index (χ0) is 14.7. The van der Waals surface area contributed by atoms with Gasteiger partial charge in [-0.1, -0.05) is 42.5 Å². The highest BCUT2D eigenvalue weighted by atomic mass is 32.1. The Morgan fingerprint density at radius 1 is 1.19 bits per heavy atom. The van der Waals surface area contributed by atoms with Crippen molar-refractivity contribution in [2.75, 3.05) is 0 Å². The van der Waals surface area contributed by atoms with Gasteiger partial charge in [0.25, 0.3) is 0 Å². The predicted molar refractivity (Wildman–Crippen MR) is 91.1 cm³/mol. The molecule has 0 saturated carbocycles. The van der Waals surface area contributed by atoms with Crippen LogP contribution in [0.1, 0.15) is 21.8 Å². The van der Waals surface area contributed by atoms with Crippen molar-refractivity contribution >= 4 is 35.8 Å². The van der Waals surface area contributed by atoms with E-state index < -0.39 is 0 Å². The number of nitrogens with zero attached hydrogens (tertiary/aromatic N) is 1. The molecule has 1 aliphatic rings. The standard InChI is InChI=1S/C17H13NOS2/c19-11-15-16(12-5-3-1-2-4-6-12)21-17(18-15)13-7-9-14(20)10-8-13/h1-3,5-11,20H,4H2. The summed E-state index contributed by atoms with van der Waals surface area (Å²) in [7, 11) is 0. The molecule has 0 fully saturated rings. The third-order valence-corrected chi connectivity index (χ3v) is 4.61. The summed E-state index contributed by atoms with van der Waals surface area (Å²) in [6, 6.07) is 7.79. The molecule has 4 heteroatoms. The zero-order valence-corrected chi connectivity index (χ0v) is 12.9. The van der Waals surface area contributed by atoms with E-state index in [1.165, 1.54) is 0 Å². The maximum atomic E-state index is 11.3. The highest BCUT2D eigenvalue weighted by Crippen LogP contribution is 2.33. The van der Waals surface area contributed by atoms with E-state index in [9.17, 15) is 4.79 Å². The monoisotopic (exact) mass is 311 g/mol. The van der Waals surface area contributed by atoms with E-state index in [4.69, 9.17) is 0 Å². The molecule has 2 nitrogen and oxygen atoms in total. The van der Waals surface area contributed by atoms with E-state index in [1.54, 1.807) is 11.3 Å². The van der Waals surface area contributed by atoms with Crippen LogP contribution >= 0.6 is 24.0 Å². The van der Waals surface area contributed by atoms with Crippen LogP contribution < -0.4 is 0 Å². The number of allylic oxidation sites excluding steroid dienone is 6. The van der Waals surface area contributed by atoms with E-state index in [0.29, 0.717) is 5.69 Å². The van der Waals surface area contributed by atoms with Crippen molar-refractivity contribution in [3.8, 4) is 10.6 Å². The zero-order valence-electron chi connectivity index (χ0n) is 11.2. The Morgan fingerprint density at radius 2 is 2.00 bits per heavy atom. The number of hydrogen-bond acceptors (Lipinski definition) is 4. The number of thiol groups is 1. The smallest absolute Gasteiger partial charge is 0.169 e. The summed E-state index contributed by atoms with van der Waals surface area (Å²) >= 11 is 5.83. The molecule has 21 heavy (non-hydrogen) atoms. The molecule has 0 saturated heterocycles. The molecule has 2 aromatic rings. The lowest BCUT2D eigenvalue weighted by atomic mass is 10.1. The van der Waals surface area contributed by atoms with E-state index in [1.807, 2.05) is 42.5 Å². The van der Waals surface area contributed by atoms with Gasteiger partial charge in [-0.25, -0.2) is 4.98 Å². The second-order valence-electron chi connectivity index (χ2n) is 4.58. The third kappa shape index (κ3) is 3.06. The Morgan fingerprint density at radius 3 is 2.76 bits per heavy atom. The lowest BCUT2D eigenvalue weighted by Crippen LogP contribution is -1.86. The number of rotatable bonds is 3. The highest BCUT2D eigenvalue weighted by molar-refractivity contribution is 7.80. The van der Waals surface area contributed by atoms with Crippen molar-refractivity contribution in [3.05, 3.63) is 65.2 Å². The first kappa shape index (κ1) is 14.0. The minimum atomic E-state index is 0.503. The molecule has 0 unspecified atom stereocenters. The number of thiazole rings is 1. The summed E-state index contributed by atoms with van der Waals surface area (Å²) in [5.74, 6) is 0. The molecule has 0 spiro atoms. The Balaban J connectivity index is 2.04. The van der Waals surface area contributed by atoms with Crippen LogP contribution in [-0.2, 0) is 0 Å². The molecule has 3 rings (SSSR count). The molecule has 1 aliphatic carbocycles. The molecule has 0 bridgehead atoms. The SMILES string of the molecule is O=Cc1nc(-c2ccc(S)cc2)sc1C1=CCC=CC=C1. The lowest BCUT2D eigenvalue weighted by molar-refractivity contribution is 0.111. The van der Waals surface area contributed by atoms with Gasteiger partial charge in [-0.15, -0.1) is 24.0 Å². The first-order chi connectivity index (χ1) is 10.3. The van der Waals surface area contributed by atoms with Gasteiger partial charge in [-0.05, 0) is 24.1 Å². The molecule has 1 aromatic heterocycles. The Hall–Kier alpha value is -1.91. The molecule has 0 aliphatic heterocycles. The van der Waals surface area contributed by atoms with E-state index in [0.717, 1.165) is 38.6 Å². The van der Waals surface area contributed by atoms with Crippen molar-refractivity contribution in [3.63, 3.8) is 0 Å². The van der Waals surface area contributed by atoms with E-state index in [-0.39, 0.29) is 0 Å². The van der Waals surface area contributed by atoms with Gasteiger partial charge in [0, 0.05) is 10.5 Å². The van der Waals surface area contributed by atoms with Crippen LogP contribution in [0.3, 0.4) is 0 Å². The van der Waals surface area contributed by atoms with Gasteiger partial charge in [0.2, 0.25) is 0 Å². The van der Waals surface area contributed by atoms with Gasteiger partial charge in [0.15, 0.2) is 6.29 Å². The number of hydrogen-bond donors (Lipinski definition) is 1. The van der Waals surface area contributed by atoms with Crippen molar-refractivity contribution in [2.45, 2.75) is 11.3 Å². The highest BCUT2D eigenvalue weighted by Gasteiger charge is 2.14. The minimum Gasteiger partial charge on any atom is -0.296 e. The second-order valence-corrected chi connectivity index (χ2v) is 6.10. The third-order valence-electron chi connectivity index (χ3n) is 3.14. The van der Waals surface area contributed by atoms with Crippen molar-refractivity contribution in [1.82, 2.24) is 4.98 Å². The minimum absolute atomic E-state index is 0.503. The number of aromatic nitrogens is 1. The molecule has 0 N–H and O–H groups in total. The van der Waals surface area contributed by atoms with Gasteiger partial charge in [-0.3, -0.25) is 4.79 Å². The van der Waals surface area contributed by atoms with Gasteiger partial charge < -0.3 is 0 Å². The van der Waals surface area contributed by atoms with Gasteiger partial charge >= 0.3 is 0 Å². The molecule has 0 radical (unpaired) electrons. The van der Waals surface area contributed by atoms with Gasteiger partial charge in [0.1, 0.15) is 10.7 Å². The molecular formula is C17H13NOS2. The van der Waals surface area contributed by atoms with Crippen LogP contribution in [0.4, 0.5) is 0 Å². The lowest BCUT2D eigenvalue weighted by Gasteiger charge is -1.97. The Labute approximate surface area is 133 Å². The summed E-state index contributed by atoms with van der Waals surface area (Å²) < 4.78 is 0. The van der Waals surface area contributed by atoms with Crippen LogP contribution in [0.2, 0.25) is 0 Å². The number of aldehydes is 1. The fourth-order valence-corrected chi connectivity index (χ4v) is 3.30. The van der Waals surface area contributed by atoms with Gasteiger partial charge in [-0.2, -0.15) is 0 Å². The molecule has 1 aromatic carbocycles. The summed E-state index contributed by atoms with van der Waals surface area (Å²) in [6.07, 6.45) is 11.9. The van der Waals surface area contributed by atoms with Crippen molar-refractivity contribution in [1.29, 1.82) is 0 Å². The van der Waals surface area contributed by atoms with Crippen molar-refractivity contribution in [2.24, 2.45) is 0 Å². The van der Waals surface area contributed by atoms with Crippen LogP contribution in [0.5, 0.6) is 0 Å². The predicted octanol–water partition coefficient (Wildman–Crippen LogP) is 4.81. The fourth-order valence-electron chi connectivity index (χ4n) is 2.09. The summed E-state index contributed by atoms with van der Waals surface area (Å²) in [5, 5.41) is 0.854. The number of carbonyl (C=O) groups excluding carboxylic acids is 1. The van der Waals surface area contributed by atoms with Crippen LogP contribution in [0.15, 0.2) is 59.5 Å². The maximum Gasteiger partial charge on any atom is 0.169 e. The van der Waals surface area contributed by atoms with E-state index >= 15 is 0 Å². The van der Waals surface area contributed by atoms with Crippen molar-refractivity contribution < 1.29 is 4.79 Å². The Bertz CT molecular complexity index is 752. The summed E-state index contributed by atoms with van der Waals surface area (Å²) in [4.78, 5) is 17.6. The topological polar surface area (TPSA) is 30.0 Å². The quantitative estimate of drug-likeness (QED) is 0.651. The van der Waals surface area contributed by atoms with Gasteiger partial charge in [0.05, 0.1) is 4.88 Å². The van der Waals surface area contributed by atoms with Crippen LogP contribution in [-0.4, -0.2) is 11.3 Å². The van der Waals surface area contributed by atoms with E-state index in [2.05, 4.69) is 29.8 Å². The second kappa shape index (κ2) is 6.24. The molecule has 0 atom stereocenters. The van der Waals surface area contributed by atoms with Crippen LogP contribution in [0, 0.1) is 0 Å². The molecular weight excluding hydrogens is 298 g/mol. The average Bonchev–Trinajstić information content (AvgIpc) is 2.75.